The van der Waals surface area contributed by atoms with E-state index in [-0.39, 0.29) is 26.2 Å². The van der Waals surface area contributed by atoms with Crippen LogP contribution in [0.2, 0.25) is 0 Å². The molecule has 1 rings (SSSR count). The molecule has 12 heavy (non-hydrogen) atoms. The third-order valence-corrected chi connectivity index (χ3v) is 1.31. The van der Waals surface area contributed by atoms with Gasteiger partial charge in [0.05, 0.1) is 0 Å². The van der Waals surface area contributed by atoms with E-state index in [0.29, 0.717) is 0 Å². The average molecular weight is 253 g/mol. The van der Waals surface area contributed by atoms with Gasteiger partial charge in [-0.25, -0.2) is 0 Å². The van der Waals surface area contributed by atoms with Crippen LogP contribution >= 0.6 is 0 Å². The van der Waals surface area contributed by atoms with Crippen molar-refractivity contribution >= 4 is 11.9 Å². The minimum atomic E-state index is 0. The van der Waals surface area contributed by atoms with Gasteiger partial charge in [0.1, 0.15) is 0 Å². The van der Waals surface area contributed by atoms with E-state index in [1.807, 2.05) is 36.4 Å². The Hall–Kier alpha value is -0.708. The number of hydrogen-bond donors (Lipinski definition) is 0. The first kappa shape index (κ1) is 11.3. The predicted octanol–water partition coefficient (Wildman–Crippen LogP) is 2.29. The molecule has 0 amide bonds. The Labute approximate surface area is 86.1 Å². The fourth-order valence-corrected chi connectivity index (χ4v) is 0.778. The van der Waals surface area contributed by atoms with Crippen LogP contribution in [0.4, 0.5) is 0 Å². The van der Waals surface area contributed by atoms with Crippen molar-refractivity contribution in [3.05, 3.63) is 42.0 Å². The average Bonchev–Trinajstić information content (AvgIpc) is 2.03. The Balaban J connectivity index is 0.00000121. The molecule has 0 spiro atoms. The van der Waals surface area contributed by atoms with Crippen LogP contribution < -0.4 is 0 Å². The summed E-state index contributed by atoms with van der Waals surface area (Å²) in [6, 6.07) is 9.75. The molecular weight excluding hydrogens is 243 g/mol. The SMILES string of the molecule is CC(=O)C=Cc1ccccc1.[Pd]. The zero-order chi connectivity index (χ0) is 8.10. The Morgan fingerprint density at radius 1 is 1.25 bits per heavy atom. The van der Waals surface area contributed by atoms with Gasteiger partial charge in [0.15, 0.2) is 5.78 Å². The molecule has 1 aromatic carbocycles. The minimum Gasteiger partial charge on any atom is -0.295 e. The summed E-state index contributed by atoms with van der Waals surface area (Å²) >= 11 is 0. The number of rotatable bonds is 2. The van der Waals surface area contributed by atoms with Crippen LogP contribution in [0.25, 0.3) is 6.08 Å². The van der Waals surface area contributed by atoms with E-state index in [1.165, 1.54) is 0 Å². The van der Waals surface area contributed by atoms with E-state index in [0.717, 1.165) is 5.56 Å². The first-order valence-electron chi connectivity index (χ1n) is 3.53. The number of carbonyl (C=O) groups is 1. The largest absolute Gasteiger partial charge is 0.295 e. The van der Waals surface area contributed by atoms with Gasteiger partial charge in [-0.1, -0.05) is 36.4 Å². The van der Waals surface area contributed by atoms with Crippen LogP contribution in [-0.2, 0) is 25.2 Å². The van der Waals surface area contributed by atoms with E-state index in [9.17, 15) is 4.79 Å². The van der Waals surface area contributed by atoms with Gasteiger partial charge < -0.3 is 0 Å². The molecule has 0 heterocycles. The zero-order valence-corrected chi connectivity index (χ0v) is 8.32. The molecule has 0 atom stereocenters. The molecule has 0 unspecified atom stereocenters. The second-order valence-electron chi connectivity index (χ2n) is 2.35. The molecule has 1 aromatic rings. The van der Waals surface area contributed by atoms with Crippen molar-refractivity contribution in [2.24, 2.45) is 0 Å². The van der Waals surface area contributed by atoms with Crippen LogP contribution in [0.5, 0.6) is 0 Å². The van der Waals surface area contributed by atoms with E-state index >= 15 is 0 Å². The smallest absolute Gasteiger partial charge is 0.152 e. The Kier molecular flexibility index (Phi) is 5.53. The van der Waals surface area contributed by atoms with Crippen molar-refractivity contribution < 1.29 is 25.2 Å². The molecule has 0 aromatic heterocycles. The van der Waals surface area contributed by atoms with Crippen molar-refractivity contribution in [1.29, 1.82) is 0 Å². The second-order valence-corrected chi connectivity index (χ2v) is 2.35. The fourth-order valence-electron chi connectivity index (χ4n) is 0.778. The van der Waals surface area contributed by atoms with E-state index < -0.39 is 0 Å². The van der Waals surface area contributed by atoms with Crippen molar-refractivity contribution in [2.45, 2.75) is 6.92 Å². The number of allylic oxidation sites excluding steroid dienone is 1. The molecule has 0 saturated heterocycles. The maximum Gasteiger partial charge on any atom is 0.152 e. The van der Waals surface area contributed by atoms with Gasteiger partial charge in [-0.15, -0.1) is 0 Å². The van der Waals surface area contributed by atoms with Gasteiger partial charge in [-0.3, -0.25) is 4.79 Å². The van der Waals surface area contributed by atoms with Gasteiger partial charge in [0.2, 0.25) is 0 Å². The Morgan fingerprint density at radius 2 is 1.83 bits per heavy atom. The number of carbonyl (C=O) groups excluding carboxylic acids is 1. The molecule has 0 bridgehead atoms. The maximum atomic E-state index is 10.5. The molecule has 0 radical (unpaired) electrons. The summed E-state index contributed by atoms with van der Waals surface area (Å²) in [6.45, 7) is 1.54. The van der Waals surface area contributed by atoms with Crippen LogP contribution in [0.3, 0.4) is 0 Å². The van der Waals surface area contributed by atoms with Crippen molar-refractivity contribution in [3.63, 3.8) is 0 Å². The second kappa shape index (κ2) is 5.88. The molecule has 0 aliphatic rings. The summed E-state index contributed by atoms with van der Waals surface area (Å²) < 4.78 is 0. The van der Waals surface area contributed by atoms with Crippen LogP contribution in [-0.4, -0.2) is 5.78 Å². The summed E-state index contributed by atoms with van der Waals surface area (Å²) in [7, 11) is 0. The molecule has 0 aliphatic heterocycles. The van der Waals surface area contributed by atoms with E-state index in [4.69, 9.17) is 0 Å². The number of hydrogen-bond acceptors (Lipinski definition) is 1. The van der Waals surface area contributed by atoms with E-state index in [2.05, 4.69) is 0 Å². The van der Waals surface area contributed by atoms with Gasteiger partial charge in [0, 0.05) is 20.4 Å². The number of ketones is 1. The van der Waals surface area contributed by atoms with Gasteiger partial charge in [-0.05, 0) is 18.6 Å². The first-order valence-corrected chi connectivity index (χ1v) is 3.53. The van der Waals surface area contributed by atoms with Crippen molar-refractivity contribution in [1.82, 2.24) is 0 Å². The van der Waals surface area contributed by atoms with Crippen molar-refractivity contribution in [3.8, 4) is 0 Å². The van der Waals surface area contributed by atoms with Gasteiger partial charge in [-0.2, -0.15) is 0 Å². The standard InChI is InChI=1S/C10H10O.Pd/c1-9(11)7-8-10-5-3-2-4-6-10;/h2-8H,1H3;. The summed E-state index contributed by atoms with van der Waals surface area (Å²) in [4.78, 5) is 10.5. The molecule has 0 aliphatic carbocycles. The molecule has 1 nitrogen and oxygen atoms in total. The summed E-state index contributed by atoms with van der Waals surface area (Å²) in [5, 5.41) is 0. The zero-order valence-electron chi connectivity index (χ0n) is 6.77. The fraction of sp³-hybridized carbons (Fsp3) is 0.100. The molecule has 0 N–H and O–H groups in total. The normalized spacial score (nSPS) is 9.42. The third kappa shape index (κ3) is 4.23. The molecule has 2 heteroatoms. The van der Waals surface area contributed by atoms with Crippen molar-refractivity contribution in [2.75, 3.05) is 0 Å². The molecule has 0 fully saturated rings. The summed E-state index contributed by atoms with van der Waals surface area (Å²) in [5.41, 5.74) is 1.06. The Morgan fingerprint density at radius 3 is 2.33 bits per heavy atom. The maximum absolute atomic E-state index is 10.5. The first-order chi connectivity index (χ1) is 5.29. The Bertz CT molecular complexity index is 264. The van der Waals surface area contributed by atoms with Crippen LogP contribution in [0.15, 0.2) is 36.4 Å². The quantitative estimate of drug-likeness (QED) is 0.583. The van der Waals surface area contributed by atoms with Crippen LogP contribution in [0.1, 0.15) is 12.5 Å². The molecular formula is C10H10OPd. The summed E-state index contributed by atoms with van der Waals surface area (Å²) in [5.74, 6) is 0.0776. The molecule has 66 valence electrons. The van der Waals surface area contributed by atoms with Gasteiger partial charge >= 0.3 is 0 Å². The minimum absolute atomic E-state index is 0. The molecule has 0 saturated carbocycles. The third-order valence-electron chi connectivity index (χ3n) is 1.31. The van der Waals surface area contributed by atoms with E-state index in [1.54, 1.807) is 13.0 Å². The summed E-state index contributed by atoms with van der Waals surface area (Å²) in [6.07, 6.45) is 3.37. The predicted molar refractivity (Wildman–Crippen MR) is 46.2 cm³/mol. The van der Waals surface area contributed by atoms with Crippen LogP contribution in [0, 0.1) is 0 Å². The topological polar surface area (TPSA) is 17.1 Å². The monoisotopic (exact) mass is 252 g/mol. The van der Waals surface area contributed by atoms with Gasteiger partial charge in [0.25, 0.3) is 0 Å². The number of benzene rings is 1.